The first-order chi connectivity index (χ1) is 24.2. The summed E-state index contributed by atoms with van der Waals surface area (Å²) in [7, 11) is 14.2. The van der Waals surface area contributed by atoms with Crippen LogP contribution in [-0.2, 0) is 25.7 Å². The zero-order chi connectivity index (χ0) is 35.3. The molecule has 50 heavy (non-hydrogen) atoms. The molecule has 0 bridgehead atoms. The number of fused-ring (bicyclic) bond motifs is 3. The van der Waals surface area contributed by atoms with Gasteiger partial charge in [0.05, 0.1) is 42.7 Å². The Labute approximate surface area is 294 Å². The van der Waals surface area contributed by atoms with Crippen LogP contribution in [0.25, 0.3) is 11.1 Å². The first kappa shape index (κ1) is 33.7. The average molecular weight is 683 g/mol. The van der Waals surface area contributed by atoms with Crippen LogP contribution in [0.1, 0.15) is 45.5 Å². The molecule has 0 fully saturated rings. The Kier molecular flexibility index (Phi) is 9.09. The largest absolute Gasteiger partial charge is 0.504 e. The molecular formula is C40H46N2O8. The molecule has 2 aliphatic heterocycles. The maximum absolute atomic E-state index is 10.8. The molecule has 2 heterocycles. The quantitative estimate of drug-likeness (QED) is 0.194. The lowest BCUT2D eigenvalue weighted by atomic mass is 9.76. The summed E-state index contributed by atoms with van der Waals surface area (Å²) in [5, 5.41) is 10.8. The molecule has 1 N–H and O–H groups in total. The van der Waals surface area contributed by atoms with Crippen molar-refractivity contribution in [2.24, 2.45) is 0 Å². The zero-order valence-electron chi connectivity index (χ0n) is 30.1. The fraction of sp³-hybridized carbons (Fsp3) is 0.400. The summed E-state index contributed by atoms with van der Waals surface area (Å²) in [6.45, 7) is 1.80. The third kappa shape index (κ3) is 5.51. The number of nitrogens with zero attached hydrogens (tertiary/aromatic N) is 2. The van der Waals surface area contributed by atoms with Crippen molar-refractivity contribution in [2.45, 2.75) is 37.8 Å². The highest BCUT2D eigenvalue weighted by molar-refractivity contribution is 5.89. The monoisotopic (exact) mass is 682 g/mol. The van der Waals surface area contributed by atoms with Gasteiger partial charge in [0.15, 0.2) is 46.0 Å². The normalized spacial score (nSPS) is 18.0. The highest BCUT2D eigenvalue weighted by atomic mass is 16.5. The fourth-order valence-corrected chi connectivity index (χ4v) is 8.10. The molecule has 4 aromatic carbocycles. The number of likely N-dealkylation sites (N-methyl/N-ethyl adjacent to an activating group) is 2. The van der Waals surface area contributed by atoms with E-state index in [0.29, 0.717) is 52.4 Å². The number of phenols is 1. The Bertz CT molecular complexity index is 1940. The second-order valence-electron chi connectivity index (χ2n) is 13.2. The van der Waals surface area contributed by atoms with Crippen LogP contribution in [0.3, 0.4) is 0 Å². The fourth-order valence-electron chi connectivity index (χ4n) is 8.10. The minimum atomic E-state index is -0.0529. The summed E-state index contributed by atoms with van der Waals surface area (Å²) in [6.07, 6.45) is 3.15. The van der Waals surface area contributed by atoms with E-state index in [0.717, 1.165) is 65.7 Å². The van der Waals surface area contributed by atoms with E-state index in [1.807, 2.05) is 30.3 Å². The molecule has 1 aliphatic carbocycles. The second-order valence-corrected chi connectivity index (χ2v) is 13.2. The number of rotatable bonds is 10. The molecule has 7 rings (SSSR count). The van der Waals surface area contributed by atoms with Crippen molar-refractivity contribution in [3.05, 3.63) is 75.8 Å². The Hall–Kier alpha value is -4.80. The van der Waals surface area contributed by atoms with E-state index < -0.39 is 0 Å². The first-order valence-corrected chi connectivity index (χ1v) is 17.0. The van der Waals surface area contributed by atoms with Crippen LogP contribution in [0.15, 0.2) is 42.5 Å². The van der Waals surface area contributed by atoms with Gasteiger partial charge in [-0.2, -0.15) is 0 Å². The van der Waals surface area contributed by atoms with Gasteiger partial charge < -0.3 is 38.3 Å². The van der Waals surface area contributed by atoms with Crippen LogP contribution in [0.4, 0.5) is 0 Å². The molecular weight excluding hydrogens is 636 g/mol. The average Bonchev–Trinajstić information content (AvgIpc) is 3.13. The Morgan fingerprint density at radius 1 is 0.620 bits per heavy atom. The molecule has 2 atom stereocenters. The van der Waals surface area contributed by atoms with Gasteiger partial charge in [0.2, 0.25) is 0 Å². The van der Waals surface area contributed by atoms with Crippen molar-refractivity contribution in [3.63, 3.8) is 0 Å². The van der Waals surface area contributed by atoms with Crippen LogP contribution >= 0.6 is 0 Å². The molecule has 0 saturated carbocycles. The smallest absolute Gasteiger partial charge is 0.177 e. The summed E-state index contributed by atoms with van der Waals surface area (Å²) in [6, 6.07) is 14.0. The maximum Gasteiger partial charge on any atom is 0.177 e. The van der Waals surface area contributed by atoms with Crippen molar-refractivity contribution in [2.75, 3.05) is 69.8 Å². The van der Waals surface area contributed by atoms with Crippen molar-refractivity contribution < 1.29 is 38.3 Å². The van der Waals surface area contributed by atoms with Gasteiger partial charge in [0.1, 0.15) is 5.75 Å². The number of methoxy groups -OCH3 is 6. The van der Waals surface area contributed by atoms with E-state index in [1.165, 1.54) is 11.1 Å². The SMILES string of the molecule is COc1cc2c(cc1O)[C@H](Cc1cc(OC)c(OC)cc1Oc1c(OC)cc3c4c1-c1c(ccc(OC)c1OC)C[C@@H]4N(C)CC3)N(C)CC2. The third-order valence-corrected chi connectivity index (χ3v) is 10.7. The predicted octanol–water partition coefficient (Wildman–Crippen LogP) is 6.76. The highest BCUT2D eigenvalue weighted by Gasteiger charge is 2.39. The van der Waals surface area contributed by atoms with Crippen LogP contribution in [0, 0.1) is 0 Å². The minimum absolute atomic E-state index is 0.0529. The molecule has 10 heteroatoms. The Morgan fingerprint density at radius 2 is 1.28 bits per heavy atom. The lowest BCUT2D eigenvalue weighted by Crippen LogP contribution is -2.35. The lowest BCUT2D eigenvalue weighted by Gasteiger charge is -2.41. The Balaban J connectivity index is 1.43. The van der Waals surface area contributed by atoms with Gasteiger partial charge in [-0.1, -0.05) is 6.07 Å². The standard InChI is InChI=1S/C40H46N2O8/c1-41-13-11-22-17-32(45-4)29(43)20-26(22)27(41)16-25-19-33(46-5)34(47-6)21-31(25)50-40-35(48-7)18-24-12-14-42(2)28-15-23-9-10-30(44-3)39(49-8)37(23)38(40)36(24)28/h9-10,17-21,27-28,43H,11-16H2,1-8H3/t27-,28-/m0/s1. The number of aromatic hydroxyl groups is 1. The van der Waals surface area contributed by atoms with Gasteiger partial charge >= 0.3 is 0 Å². The van der Waals surface area contributed by atoms with E-state index in [9.17, 15) is 5.11 Å². The molecule has 0 saturated heterocycles. The zero-order valence-corrected chi connectivity index (χ0v) is 30.1. The molecule has 264 valence electrons. The number of ether oxygens (including phenoxy) is 7. The van der Waals surface area contributed by atoms with Crippen LogP contribution in [-0.4, -0.2) is 84.7 Å². The van der Waals surface area contributed by atoms with Crippen molar-refractivity contribution in [1.82, 2.24) is 9.80 Å². The predicted molar refractivity (Wildman–Crippen MR) is 191 cm³/mol. The van der Waals surface area contributed by atoms with Crippen molar-refractivity contribution in [3.8, 4) is 62.9 Å². The number of hydrogen-bond acceptors (Lipinski definition) is 10. The number of phenolic OH excluding ortho intramolecular Hbond substituents is 1. The van der Waals surface area contributed by atoms with Gasteiger partial charge in [-0.25, -0.2) is 0 Å². The molecule has 0 unspecified atom stereocenters. The number of hydrogen-bond donors (Lipinski definition) is 1. The first-order valence-electron chi connectivity index (χ1n) is 17.0. The Morgan fingerprint density at radius 3 is 1.98 bits per heavy atom. The van der Waals surface area contributed by atoms with E-state index in [2.05, 4.69) is 36.0 Å². The number of benzene rings is 4. The van der Waals surface area contributed by atoms with Gasteiger partial charge in [-0.15, -0.1) is 0 Å². The summed E-state index contributed by atoms with van der Waals surface area (Å²) in [5.41, 5.74) is 8.64. The molecule has 0 amide bonds. The van der Waals surface area contributed by atoms with Gasteiger partial charge in [-0.05, 0) is 97.9 Å². The second kappa shape index (κ2) is 13.5. The third-order valence-electron chi connectivity index (χ3n) is 10.7. The van der Waals surface area contributed by atoms with Crippen LogP contribution in [0.5, 0.6) is 51.7 Å². The van der Waals surface area contributed by atoms with E-state index in [4.69, 9.17) is 33.2 Å². The molecule has 10 nitrogen and oxygen atoms in total. The molecule has 0 spiro atoms. The molecule has 4 aromatic rings. The maximum atomic E-state index is 10.8. The molecule has 0 aromatic heterocycles. The summed E-state index contributed by atoms with van der Waals surface area (Å²) < 4.78 is 42.2. The van der Waals surface area contributed by atoms with Gasteiger partial charge in [-0.3, -0.25) is 9.80 Å². The van der Waals surface area contributed by atoms with Crippen molar-refractivity contribution in [1.29, 1.82) is 0 Å². The van der Waals surface area contributed by atoms with E-state index in [-0.39, 0.29) is 17.8 Å². The van der Waals surface area contributed by atoms with Gasteiger partial charge in [0.25, 0.3) is 0 Å². The molecule has 3 aliphatic rings. The van der Waals surface area contributed by atoms with Crippen molar-refractivity contribution >= 4 is 0 Å². The van der Waals surface area contributed by atoms with E-state index in [1.54, 1.807) is 42.7 Å². The van der Waals surface area contributed by atoms with E-state index >= 15 is 0 Å². The summed E-state index contributed by atoms with van der Waals surface area (Å²) in [4.78, 5) is 4.73. The lowest BCUT2D eigenvalue weighted by molar-refractivity contribution is 0.225. The van der Waals surface area contributed by atoms with Crippen LogP contribution in [0.2, 0.25) is 0 Å². The topological polar surface area (TPSA) is 91.3 Å². The van der Waals surface area contributed by atoms with Crippen LogP contribution < -0.4 is 33.2 Å². The summed E-state index contributed by atoms with van der Waals surface area (Å²) >= 11 is 0. The highest BCUT2D eigenvalue weighted by Crippen LogP contribution is 2.57. The summed E-state index contributed by atoms with van der Waals surface area (Å²) in [5.74, 6) is 4.93. The molecule has 0 radical (unpaired) electrons. The van der Waals surface area contributed by atoms with Gasteiger partial charge in [0, 0.05) is 47.9 Å². The minimum Gasteiger partial charge on any atom is -0.504 e.